The van der Waals surface area contributed by atoms with Gasteiger partial charge >= 0.3 is 5.97 Å². The molecule has 7 heteroatoms. The number of aromatic nitrogens is 2. The Bertz CT molecular complexity index is 1560. The molecule has 1 aliphatic rings. The minimum absolute atomic E-state index is 0.254. The minimum Gasteiger partial charge on any atom is -0.467 e. The number of nitrogens with zero attached hydrogens (tertiary/aromatic N) is 3. The summed E-state index contributed by atoms with van der Waals surface area (Å²) in [4.78, 5) is 20.6. The van der Waals surface area contributed by atoms with Gasteiger partial charge in [0.25, 0.3) is 0 Å². The Hall–Kier alpha value is -3.71. The maximum Gasteiger partial charge on any atom is 0.339 e. The summed E-state index contributed by atoms with van der Waals surface area (Å²) in [5, 5.41) is 0. The first-order chi connectivity index (χ1) is 19.3. The van der Waals surface area contributed by atoms with Gasteiger partial charge in [0.1, 0.15) is 17.3 Å². The SMILES string of the molecule is COC(=O)C(OC(C)(C)C)c1c(C)cc2nc(-c3cccc(-c4ccc(F)cc4)c3)cn2c1N1CCC(C)(C)CC1. The van der Waals surface area contributed by atoms with Crippen LogP contribution in [0.15, 0.2) is 60.8 Å². The molecule has 0 saturated carbocycles. The van der Waals surface area contributed by atoms with E-state index in [-0.39, 0.29) is 11.2 Å². The number of carbonyl (C=O) groups excluding carboxylic acids is 1. The highest BCUT2D eigenvalue weighted by Gasteiger charge is 2.36. The van der Waals surface area contributed by atoms with Gasteiger partial charge < -0.3 is 14.4 Å². The van der Waals surface area contributed by atoms with E-state index >= 15 is 0 Å². The number of halogens is 1. The number of fused-ring (bicyclic) bond motifs is 1. The Labute approximate surface area is 242 Å². The van der Waals surface area contributed by atoms with E-state index in [0.29, 0.717) is 0 Å². The number of hydrogen-bond donors (Lipinski definition) is 0. The van der Waals surface area contributed by atoms with Crippen LogP contribution in [-0.4, -0.2) is 41.2 Å². The molecule has 4 aromatic rings. The molecule has 1 atom stereocenters. The molecule has 0 amide bonds. The van der Waals surface area contributed by atoms with Gasteiger partial charge in [-0.25, -0.2) is 14.2 Å². The van der Waals surface area contributed by atoms with Gasteiger partial charge in [-0.2, -0.15) is 0 Å². The van der Waals surface area contributed by atoms with Gasteiger partial charge in [-0.3, -0.25) is 4.40 Å². The molecule has 0 spiro atoms. The molecule has 0 bridgehead atoms. The number of rotatable bonds is 6. The number of methoxy groups -OCH3 is 1. The lowest BCUT2D eigenvalue weighted by Crippen LogP contribution is -2.40. The van der Waals surface area contributed by atoms with Gasteiger partial charge in [-0.05, 0) is 86.9 Å². The van der Waals surface area contributed by atoms with Crippen LogP contribution in [0.5, 0.6) is 0 Å². The highest BCUT2D eigenvalue weighted by Crippen LogP contribution is 2.40. The molecule has 6 nitrogen and oxygen atoms in total. The molecule has 41 heavy (non-hydrogen) atoms. The van der Waals surface area contributed by atoms with Crippen molar-refractivity contribution in [2.24, 2.45) is 5.41 Å². The molecule has 3 heterocycles. The minimum atomic E-state index is -0.887. The van der Waals surface area contributed by atoms with Crippen molar-refractivity contribution >= 4 is 17.4 Å². The second-order valence-electron chi connectivity index (χ2n) is 12.8. The number of piperidine rings is 1. The number of carbonyl (C=O) groups is 1. The molecule has 2 aromatic carbocycles. The number of anilines is 1. The first-order valence-corrected chi connectivity index (χ1v) is 14.2. The van der Waals surface area contributed by atoms with Gasteiger partial charge in [0.2, 0.25) is 0 Å². The van der Waals surface area contributed by atoms with Crippen molar-refractivity contribution in [3.8, 4) is 22.4 Å². The zero-order valence-corrected chi connectivity index (χ0v) is 25.1. The maximum atomic E-state index is 13.5. The second kappa shape index (κ2) is 10.9. The summed E-state index contributed by atoms with van der Waals surface area (Å²) in [5.41, 5.74) is 5.91. The summed E-state index contributed by atoms with van der Waals surface area (Å²) in [6.45, 7) is 14.2. The van der Waals surface area contributed by atoms with E-state index in [1.807, 2.05) is 58.2 Å². The number of ether oxygens (including phenoxy) is 2. The molecule has 1 unspecified atom stereocenters. The molecule has 1 saturated heterocycles. The molecular weight excluding hydrogens is 517 g/mol. The molecule has 0 N–H and O–H groups in total. The van der Waals surface area contributed by atoms with E-state index in [1.54, 1.807) is 12.1 Å². The van der Waals surface area contributed by atoms with Gasteiger partial charge in [0.15, 0.2) is 6.10 Å². The van der Waals surface area contributed by atoms with E-state index in [9.17, 15) is 9.18 Å². The predicted molar refractivity (Wildman–Crippen MR) is 162 cm³/mol. The van der Waals surface area contributed by atoms with Crippen LogP contribution in [0.2, 0.25) is 0 Å². The topological polar surface area (TPSA) is 56.1 Å². The van der Waals surface area contributed by atoms with E-state index in [1.165, 1.54) is 19.2 Å². The number of pyridine rings is 1. The fourth-order valence-corrected chi connectivity index (χ4v) is 5.54. The average molecular weight is 558 g/mol. The van der Waals surface area contributed by atoms with Gasteiger partial charge in [-0.1, -0.05) is 44.2 Å². The van der Waals surface area contributed by atoms with Gasteiger partial charge in [0.05, 0.1) is 18.4 Å². The molecule has 1 fully saturated rings. The van der Waals surface area contributed by atoms with Gasteiger partial charge in [0, 0.05) is 30.4 Å². The van der Waals surface area contributed by atoms with Crippen LogP contribution in [0.3, 0.4) is 0 Å². The zero-order valence-electron chi connectivity index (χ0n) is 25.1. The van der Waals surface area contributed by atoms with Crippen molar-refractivity contribution in [3.05, 3.63) is 77.7 Å². The quantitative estimate of drug-likeness (QED) is 0.227. The summed E-state index contributed by atoms with van der Waals surface area (Å²) >= 11 is 0. The Morgan fingerprint density at radius 2 is 1.66 bits per heavy atom. The highest BCUT2D eigenvalue weighted by molar-refractivity contribution is 5.81. The normalized spacial score (nSPS) is 16.1. The maximum absolute atomic E-state index is 13.5. The predicted octanol–water partition coefficient (Wildman–Crippen LogP) is 7.77. The first kappa shape index (κ1) is 28.8. The van der Waals surface area contributed by atoms with Gasteiger partial charge in [-0.15, -0.1) is 0 Å². The molecule has 216 valence electrons. The third kappa shape index (κ3) is 6.15. The van der Waals surface area contributed by atoms with Crippen LogP contribution < -0.4 is 4.90 Å². The van der Waals surface area contributed by atoms with Crippen LogP contribution in [0.4, 0.5) is 10.2 Å². The van der Waals surface area contributed by atoms with Crippen molar-refractivity contribution < 1.29 is 18.7 Å². The number of imidazole rings is 1. The standard InChI is InChI=1S/C34H40FN3O3/c1-22-19-28-36-27(25-10-8-9-24(20-25)23-11-13-26(35)14-12-23)21-38(28)31(37-17-15-34(5,6)16-18-37)29(22)30(32(39)40-7)41-33(2,3)4/h8-14,19-21,30H,15-18H2,1-7H3. The average Bonchev–Trinajstić information content (AvgIpc) is 3.34. The number of aryl methyl sites for hydroxylation is 1. The Morgan fingerprint density at radius 1 is 1.00 bits per heavy atom. The lowest BCUT2D eigenvalue weighted by atomic mass is 9.82. The molecule has 0 aliphatic carbocycles. The largest absolute Gasteiger partial charge is 0.467 e. The van der Waals surface area contributed by atoms with Crippen molar-refractivity contribution in [1.29, 1.82) is 0 Å². The first-order valence-electron chi connectivity index (χ1n) is 14.2. The Balaban J connectivity index is 1.68. The van der Waals surface area contributed by atoms with Crippen molar-refractivity contribution in [2.75, 3.05) is 25.1 Å². The van der Waals surface area contributed by atoms with E-state index in [2.05, 4.69) is 29.2 Å². The van der Waals surface area contributed by atoms with Crippen LogP contribution in [0.1, 0.15) is 64.7 Å². The highest BCUT2D eigenvalue weighted by atomic mass is 19.1. The van der Waals surface area contributed by atoms with Crippen LogP contribution in [0, 0.1) is 18.2 Å². The monoisotopic (exact) mass is 557 g/mol. The third-order valence-electron chi connectivity index (χ3n) is 7.87. The van der Waals surface area contributed by atoms with E-state index < -0.39 is 17.7 Å². The smallest absolute Gasteiger partial charge is 0.339 e. The molecular formula is C34H40FN3O3. The van der Waals surface area contributed by atoms with Crippen molar-refractivity contribution in [1.82, 2.24) is 9.38 Å². The van der Waals surface area contributed by atoms with Crippen LogP contribution >= 0.6 is 0 Å². The van der Waals surface area contributed by atoms with Crippen molar-refractivity contribution in [2.45, 2.75) is 66.1 Å². The molecule has 1 aliphatic heterocycles. The fraction of sp³-hybridized carbons (Fsp3) is 0.412. The van der Waals surface area contributed by atoms with E-state index in [0.717, 1.165) is 70.9 Å². The summed E-state index contributed by atoms with van der Waals surface area (Å²) in [6.07, 6.45) is 3.22. The number of hydrogen-bond acceptors (Lipinski definition) is 5. The molecule has 0 radical (unpaired) electrons. The fourth-order valence-electron chi connectivity index (χ4n) is 5.54. The van der Waals surface area contributed by atoms with Crippen LogP contribution in [-0.2, 0) is 14.3 Å². The zero-order chi connectivity index (χ0) is 29.5. The molecule has 5 rings (SSSR count). The number of esters is 1. The molecule has 2 aromatic heterocycles. The summed E-state index contributed by atoms with van der Waals surface area (Å²) in [6, 6.07) is 16.6. The summed E-state index contributed by atoms with van der Waals surface area (Å²) in [5.74, 6) is 0.239. The van der Waals surface area contributed by atoms with Crippen molar-refractivity contribution in [3.63, 3.8) is 0 Å². The van der Waals surface area contributed by atoms with E-state index in [4.69, 9.17) is 14.5 Å². The summed E-state index contributed by atoms with van der Waals surface area (Å²) in [7, 11) is 1.40. The lowest BCUT2D eigenvalue weighted by molar-refractivity contribution is -0.164. The van der Waals surface area contributed by atoms with Crippen LogP contribution in [0.25, 0.3) is 28.0 Å². The Kier molecular flexibility index (Phi) is 7.68. The summed E-state index contributed by atoms with van der Waals surface area (Å²) < 4.78 is 27.3. The third-order valence-corrected chi connectivity index (χ3v) is 7.87. The lowest BCUT2D eigenvalue weighted by Gasteiger charge is -2.40. The Morgan fingerprint density at radius 3 is 2.29 bits per heavy atom. The number of benzene rings is 2. The second-order valence-corrected chi connectivity index (χ2v) is 12.8.